The van der Waals surface area contributed by atoms with E-state index in [2.05, 4.69) is 4.98 Å². The molecule has 0 bridgehead atoms. The zero-order chi connectivity index (χ0) is 26.5. The minimum atomic E-state index is -4.35. The van der Waals surface area contributed by atoms with Gasteiger partial charge in [0.25, 0.3) is 0 Å². The van der Waals surface area contributed by atoms with Crippen LogP contribution >= 0.6 is 11.3 Å². The Labute approximate surface area is 212 Å². The predicted molar refractivity (Wildman–Crippen MR) is 134 cm³/mol. The Hall–Kier alpha value is -3.07. The van der Waals surface area contributed by atoms with Gasteiger partial charge in [0.15, 0.2) is 5.60 Å². The average molecular weight is 522 g/mol. The third-order valence-corrected chi connectivity index (χ3v) is 6.96. The van der Waals surface area contributed by atoms with Crippen LogP contribution in [0.5, 0.6) is 11.5 Å². The molecule has 1 aromatic heterocycles. The number of hydrogen-bond donors (Lipinski definition) is 1. The van der Waals surface area contributed by atoms with Gasteiger partial charge in [0.05, 0.1) is 17.9 Å². The maximum absolute atomic E-state index is 12.8. The Morgan fingerprint density at radius 3 is 2.33 bits per heavy atom. The van der Waals surface area contributed by atoms with Gasteiger partial charge in [-0.25, -0.2) is 9.78 Å². The fraction of sp³-hybridized carbons (Fsp3) is 0.407. The SMILES string of the molecule is Cc1cc(OCCCCCc2sc(-c3ccc(C(F)(F)F)cc3)nc2C)ccc1OC(C)(C)C(=O)O. The van der Waals surface area contributed by atoms with E-state index in [0.29, 0.717) is 23.7 Å². The Bertz CT molecular complexity index is 1190. The molecule has 0 saturated heterocycles. The summed E-state index contributed by atoms with van der Waals surface area (Å²) >= 11 is 1.52. The second kappa shape index (κ2) is 11.3. The van der Waals surface area contributed by atoms with Gasteiger partial charge in [-0.15, -0.1) is 11.3 Å². The molecule has 194 valence electrons. The second-order valence-electron chi connectivity index (χ2n) is 9.11. The van der Waals surface area contributed by atoms with E-state index in [1.165, 1.54) is 37.3 Å². The minimum Gasteiger partial charge on any atom is -0.494 e. The molecule has 0 radical (unpaired) electrons. The van der Waals surface area contributed by atoms with Crippen molar-refractivity contribution in [2.24, 2.45) is 0 Å². The maximum Gasteiger partial charge on any atom is 0.416 e. The van der Waals surface area contributed by atoms with Crippen molar-refractivity contribution >= 4 is 17.3 Å². The number of carboxylic acids is 1. The number of alkyl halides is 3. The Kier molecular flexibility index (Phi) is 8.66. The lowest BCUT2D eigenvalue weighted by Crippen LogP contribution is -2.38. The molecule has 2 aromatic carbocycles. The molecule has 0 aliphatic carbocycles. The smallest absolute Gasteiger partial charge is 0.416 e. The standard InChI is InChI=1S/C27H30F3NO4S/c1-17-16-21(13-14-22(17)35-26(3,4)25(32)33)34-15-7-5-6-8-23-18(2)31-24(36-23)19-9-11-20(12-10-19)27(28,29)30/h9-14,16H,5-8,15H2,1-4H3,(H,32,33). The first kappa shape index (κ1) is 27.5. The van der Waals surface area contributed by atoms with Gasteiger partial charge in [0, 0.05) is 10.4 Å². The Morgan fingerprint density at radius 2 is 1.72 bits per heavy atom. The van der Waals surface area contributed by atoms with Crippen molar-refractivity contribution in [1.82, 2.24) is 4.98 Å². The van der Waals surface area contributed by atoms with Crippen LogP contribution in [0.1, 0.15) is 54.8 Å². The van der Waals surface area contributed by atoms with Gasteiger partial charge >= 0.3 is 12.1 Å². The summed E-state index contributed by atoms with van der Waals surface area (Å²) in [7, 11) is 0. The van der Waals surface area contributed by atoms with Gasteiger partial charge in [-0.2, -0.15) is 13.2 Å². The highest BCUT2D eigenvalue weighted by atomic mass is 32.1. The molecule has 9 heteroatoms. The largest absolute Gasteiger partial charge is 0.494 e. The Balaban J connectivity index is 1.44. The summed E-state index contributed by atoms with van der Waals surface area (Å²) in [4.78, 5) is 16.9. The van der Waals surface area contributed by atoms with Gasteiger partial charge in [0.1, 0.15) is 16.5 Å². The first-order valence-corrected chi connectivity index (χ1v) is 12.5. The van der Waals surface area contributed by atoms with Crippen molar-refractivity contribution in [3.8, 4) is 22.1 Å². The number of aromatic nitrogens is 1. The van der Waals surface area contributed by atoms with Crippen LogP contribution in [0, 0.1) is 13.8 Å². The summed E-state index contributed by atoms with van der Waals surface area (Å²) in [6, 6.07) is 10.4. The summed E-state index contributed by atoms with van der Waals surface area (Å²) in [6.45, 7) is 7.33. The molecule has 0 atom stereocenters. The second-order valence-corrected chi connectivity index (χ2v) is 10.2. The molecule has 0 aliphatic rings. The quantitative estimate of drug-likeness (QED) is 0.265. The van der Waals surface area contributed by atoms with Gasteiger partial charge < -0.3 is 14.6 Å². The number of halogens is 3. The topological polar surface area (TPSA) is 68.7 Å². The number of unbranched alkanes of at least 4 members (excludes halogenated alkanes) is 2. The molecular weight excluding hydrogens is 491 g/mol. The van der Waals surface area contributed by atoms with Crippen molar-refractivity contribution in [3.63, 3.8) is 0 Å². The molecule has 0 unspecified atom stereocenters. The van der Waals surface area contributed by atoms with Crippen LogP contribution < -0.4 is 9.47 Å². The highest BCUT2D eigenvalue weighted by Crippen LogP contribution is 2.33. The summed E-state index contributed by atoms with van der Waals surface area (Å²) in [6.07, 6.45) is -0.710. The number of benzene rings is 2. The van der Waals surface area contributed by atoms with Crippen LogP contribution in [0.2, 0.25) is 0 Å². The number of rotatable bonds is 11. The normalized spacial score (nSPS) is 12.0. The fourth-order valence-corrected chi connectivity index (χ4v) is 4.59. The van der Waals surface area contributed by atoms with Crippen LogP contribution in [-0.4, -0.2) is 28.3 Å². The van der Waals surface area contributed by atoms with Gasteiger partial charge in [0.2, 0.25) is 0 Å². The molecule has 3 aromatic rings. The Morgan fingerprint density at radius 1 is 1.03 bits per heavy atom. The molecule has 0 aliphatic heterocycles. The minimum absolute atomic E-state index is 0.505. The molecule has 36 heavy (non-hydrogen) atoms. The third-order valence-electron chi connectivity index (χ3n) is 5.70. The van der Waals surface area contributed by atoms with Crippen molar-refractivity contribution < 1.29 is 32.5 Å². The van der Waals surface area contributed by atoms with Crippen molar-refractivity contribution in [1.29, 1.82) is 0 Å². The van der Waals surface area contributed by atoms with E-state index in [-0.39, 0.29) is 0 Å². The van der Waals surface area contributed by atoms with Crippen LogP contribution in [0.25, 0.3) is 10.6 Å². The summed E-state index contributed by atoms with van der Waals surface area (Å²) in [5.41, 5.74) is 0.418. The van der Waals surface area contributed by atoms with E-state index in [9.17, 15) is 23.1 Å². The molecular formula is C27H30F3NO4S. The van der Waals surface area contributed by atoms with Gasteiger partial charge in [-0.05, 0) is 89.3 Å². The lowest BCUT2D eigenvalue weighted by atomic mass is 10.1. The van der Waals surface area contributed by atoms with E-state index in [4.69, 9.17) is 9.47 Å². The highest BCUT2D eigenvalue weighted by molar-refractivity contribution is 7.15. The molecule has 3 rings (SSSR count). The number of thiazole rings is 1. The lowest BCUT2D eigenvalue weighted by molar-refractivity contribution is -0.152. The third kappa shape index (κ3) is 7.22. The number of nitrogens with zero attached hydrogens (tertiary/aromatic N) is 1. The zero-order valence-corrected chi connectivity index (χ0v) is 21.6. The first-order valence-electron chi connectivity index (χ1n) is 11.7. The molecule has 0 spiro atoms. The maximum atomic E-state index is 12.8. The number of aryl methyl sites for hydroxylation is 3. The van der Waals surface area contributed by atoms with Crippen LogP contribution in [0.4, 0.5) is 13.2 Å². The predicted octanol–water partition coefficient (Wildman–Crippen LogP) is 7.48. The van der Waals surface area contributed by atoms with Crippen molar-refractivity contribution in [3.05, 3.63) is 64.2 Å². The van der Waals surface area contributed by atoms with E-state index in [1.54, 1.807) is 12.1 Å². The number of carbonyl (C=O) groups is 1. The average Bonchev–Trinajstić information content (AvgIpc) is 3.17. The summed E-state index contributed by atoms with van der Waals surface area (Å²) < 4.78 is 49.8. The number of aliphatic carboxylic acids is 1. The fourth-order valence-electron chi connectivity index (χ4n) is 3.48. The number of ether oxygens (including phenoxy) is 2. The molecule has 5 nitrogen and oxygen atoms in total. The molecule has 0 amide bonds. The van der Waals surface area contributed by atoms with Crippen LogP contribution in [0.15, 0.2) is 42.5 Å². The summed E-state index contributed by atoms with van der Waals surface area (Å²) in [5.74, 6) is 0.171. The van der Waals surface area contributed by atoms with Gasteiger partial charge in [-0.3, -0.25) is 0 Å². The van der Waals surface area contributed by atoms with Crippen molar-refractivity contribution in [2.75, 3.05) is 6.61 Å². The highest BCUT2D eigenvalue weighted by Gasteiger charge is 2.30. The summed E-state index contributed by atoms with van der Waals surface area (Å²) in [5, 5.41) is 9.95. The van der Waals surface area contributed by atoms with Crippen LogP contribution in [-0.2, 0) is 17.4 Å². The molecule has 0 fully saturated rings. The van der Waals surface area contributed by atoms with E-state index < -0.39 is 23.3 Å². The van der Waals surface area contributed by atoms with E-state index in [0.717, 1.165) is 59.0 Å². The first-order chi connectivity index (χ1) is 16.9. The molecule has 0 saturated carbocycles. The van der Waals surface area contributed by atoms with E-state index in [1.807, 2.05) is 19.9 Å². The van der Waals surface area contributed by atoms with Gasteiger partial charge in [-0.1, -0.05) is 12.1 Å². The van der Waals surface area contributed by atoms with Crippen molar-refractivity contribution in [2.45, 2.75) is 65.2 Å². The molecule has 1 N–H and O–H groups in total. The van der Waals surface area contributed by atoms with Crippen LogP contribution in [0.3, 0.4) is 0 Å². The van der Waals surface area contributed by atoms with E-state index >= 15 is 0 Å². The zero-order valence-electron chi connectivity index (χ0n) is 20.7. The number of carboxylic acid groups (broad SMARTS) is 1. The molecule has 1 heterocycles. The lowest BCUT2D eigenvalue weighted by Gasteiger charge is -2.23. The monoisotopic (exact) mass is 521 g/mol. The number of hydrogen-bond acceptors (Lipinski definition) is 5.